The van der Waals surface area contributed by atoms with E-state index < -0.39 is 11.9 Å². The van der Waals surface area contributed by atoms with Gasteiger partial charge in [-0.3, -0.25) is 9.59 Å². The molecule has 0 fully saturated rings. The van der Waals surface area contributed by atoms with Crippen LogP contribution in [0.5, 0.6) is 5.75 Å². The van der Waals surface area contributed by atoms with Gasteiger partial charge in [0.15, 0.2) is 0 Å². The van der Waals surface area contributed by atoms with E-state index in [4.69, 9.17) is 14.6 Å². The van der Waals surface area contributed by atoms with Gasteiger partial charge in [-0.25, -0.2) is 4.79 Å². The number of carbonyl (C=O) groups excluding carboxylic acids is 3. The Labute approximate surface area is 157 Å². The van der Waals surface area contributed by atoms with Crippen molar-refractivity contribution in [2.24, 2.45) is 0 Å². The average molecular weight is 377 g/mol. The second-order valence-electron chi connectivity index (χ2n) is 6.04. The monoisotopic (exact) mass is 377 g/mol. The van der Waals surface area contributed by atoms with E-state index in [1.54, 1.807) is 32.3 Å². The molecule has 1 aliphatic heterocycles. The Kier molecular flexibility index (Phi) is 6.40. The number of hydrogen-bond donors (Lipinski definition) is 2. The molecule has 0 unspecified atom stereocenters. The quantitative estimate of drug-likeness (QED) is 0.648. The van der Waals surface area contributed by atoms with Gasteiger partial charge in [-0.15, -0.1) is 0 Å². The number of nitrogens with zero attached hydrogens (tertiary/aromatic N) is 2. The van der Waals surface area contributed by atoms with E-state index in [9.17, 15) is 14.4 Å². The van der Waals surface area contributed by atoms with Crippen LogP contribution in [0.1, 0.15) is 10.4 Å². The van der Waals surface area contributed by atoms with Gasteiger partial charge in [0.1, 0.15) is 11.4 Å². The zero-order valence-electron chi connectivity index (χ0n) is 15.7. The van der Waals surface area contributed by atoms with E-state index in [1.807, 2.05) is 0 Å². The molecule has 1 aromatic rings. The second kappa shape index (κ2) is 8.54. The molecule has 0 aliphatic carbocycles. The highest BCUT2D eigenvalue weighted by Crippen LogP contribution is 2.27. The standard InChI is InChI=1S/C18H23N3O6/c1-20(2)16(23)12-9-11(5-6-14(12)26-3)19-15-13(18(25)27-4)10-21(7-8-22)17(15)24/h5-6,9,19,22H,7-8,10H2,1-4H3. The molecule has 146 valence electrons. The minimum Gasteiger partial charge on any atom is -0.496 e. The van der Waals surface area contributed by atoms with Crippen molar-refractivity contribution in [1.82, 2.24) is 9.80 Å². The molecule has 0 radical (unpaired) electrons. The number of nitrogens with one attached hydrogen (secondary N) is 1. The molecule has 9 nitrogen and oxygen atoms in total. The maximum Gasteiger partial charge on any atom is 0.337 e. The number of amides is 2. The van der Waals surface area contributed by atoms with Crippen molar-refractivity contribution < 1.29 is 29.0 Å². The maximum absolute atomic E-state index is 12.6. The molecule has 1 heterocycles. The van der Waals surface area contributed by atoms with Crippen LogP contribution in [-0.2, 0) is 14.3 Å². The summed E-state index contributed by atoms with van der Waals surface area (Å²) in [5, 5.41) is 12.0. The van der Waals surface area contributed by atoms with E-state index in [0.29, 0.717) is 17.0 Å². The van der Waals surface area contributed by atoms with Crippen molar-refractivity contribution in [3.05, 3.63) is 35.0 Å². The second-order valence-corrected chi connectivity index (χ2v) is 6.04. The third-order valence-electron chi connectivity index (χ3n) is 4.06. The number of aliphatic hydroxyl groups excluding tert-OH is 1. The molecule has 0 atom stereocenters. The summed E-state index contributed by atoms with van der Waals surface area (Å²) in [6.07, 6.45) is 0. The van der Waals surface area contributed by atoms with E-state index in [-0.39, 0.29) is 36.9 Å². The molecule has 0 spiro atoms. The molecule has 0 bridgehead atoms. The zero-order chi connectivity index (χ0) is 20.1. The van der Waals surface area contributed by atoms with Crippen LogP contribution in [0.15, 0.2) is 29.5 Å². The highest BCUT2D eigenvalue weighted by Gasteiger charge is 2.34. The van der Waals surface area contributed by atoms with E-state index >= 15 is 0 Å². The molecule has 2 N–H and O–H groups in total. The van der Waals surface area contributed by atoms with Crippen molar-refractivity contribution in [2.45, 2.75) is 0 Å². The SMILES string of the molecule is COC(=O)C1=C(Nc2ccc(OC)c(C(=O)N(C)C)c2)C(=O)N(CCO)C1. The van der Waals surface area contributed by atoms with Gasteiger partial charge in [0, 0.05) is 26.3 Å². The van der Waals surface area contributed by atoms with Crippen LogP contribution in [0.2, 0.25) is 0 Å². The number of hydrogen-bond acceptors (Lipinski definition) is 7. The predicted molar refractivity (Wildman–Crippen MR) is 97.3 cm³/mol. The number of esters is 1. The third-order valence-corrected chi connectivity index (χ3v) is 4.06. The molecule has 1 aliphatic rings. The van der Waals surface area contributed by atoms with Crippen molar-refractivity contribution in [2.75, 3.05) is 53.3 Å². The van der Waals surface area contributed by atoms with Crippen molar-refractivity contribution in [3.8, 4) is 5.75 Å². The number of benzene rings is 1. The van der Waals surface area contributed by atoms with Crippen molar-refractivity contribution in [1.29, 1.82) is 0 Å². The van der Waals surface area contributed by atoms with Crippen LogP contribution in [0.3, 0.4) is 0 Å². The summed E-state index contributed by atoms with van der Waals surface area (Å²) >= 11 is 0. The first-order valence-electron chi connectivity index (χ1n) is 8.22. The van der Waals surface area contributed by atoms with Crippen LogP contribution < -0.4 is 10.1 Å². The molecule has 0 saturated heterocycles. The Hall–Kier alpha value is -3.07. The predicted octanol–water partition coefficient (Wildman–Crippen LogP) is 0.0705. The molecular weight excluding hydrogens is 354 g/mol. The van der Waals surface area contributed by atoms with Gasteiger partial charge in [0.2, 0.25) is 0 Å². The van der Waals surface area contributed by atoms with E-state index in [1.165, 1.54) is 24.0 Å². The smallest absolute Gasteiger partial charge is 0.337 e. The lowest BCUT2D eigenvalue weighted by Crippen LogP contribution is -2.31. The van der Waals surface area contributed by atoms with Gasteiger partial charge in [-0.1, -0.05) is 0 Å². The number of ether oxygens (including phenoxy) is 2. The minimum atomic E-state index is -0.635. The Bertz CT molecular complexity index is 787. The molecule has 27 heavy (non-hydrogen) atoms. The number of rotatable bonds is 7. The van der Waals surface area contributed by atoms with Gasteiger partial charge in [0.05, 0.1) is 38.5 Å². The molecule has 0 saturated carbocycles. The Morgan fingerprint density at radius 2 is 2.00 bits per heavy atom. The maximum atomic E-state index is 12.6. The largest absolute Gasteiger partial charge is 0.496 e. The highest BCUT2D eigenvalue weighted by molar-refractivity contribution is 6.08. The molecule has 9 heteroatoms. The average Bonchev–Trinajstić information content (AvgIpc) is 2.96. The summed E-state index contributed by atoms with van der Waals surface area (Å²) in [4.78, 5) is 39.7. The number of β-amino-alcohol motifs (C(OH)–C–C–N with tert-alkyl or cyclic N) is 1. The molecule has 0 aromatic heterocycles. The fourth-order valence-corrected chi connectivity index (χ4v) is 2.69. The minimum absolute atomic E-state index is 0.0358. The summed E-state index contributed by atoms with van der Waals surface area (Å²) in [6, 6.07) is 4.78. The summed E-state index contributed by atoms with van der Waals surface area (Å²) in [5.74, 6) is -0.941. The number of aliphatic hydroxyl groups is 1. The van der Waals surface area contributed by atoms with Crippen LogP contribution in [0.25, 0.3) is 0 Å². The summed E-state index contributed by atoms with van der Waals surface area (Å²) in [5.41, 5.74) is 0.970. The first kappa shape index (κ1) is 20.2. The van der Waals surface area contributed by atoms with Gasteiger partial charge in [0.25, 0.3) is 11.8 Å². The normalized spacial score (nSPS) is 13.7. The van der Waals surface area contributed by atoms with Gasteiger partial charge >= 0.3 is 5.97 Å². The topological polar surface area (TPSA) is 108 Å². The first-order chi connectivity index (χ1) is 12.8. The van der Waals surface area contributed by atoms with Crippen LogP contribution in [0.4, 0.5) is 5.69 Å². The molecular formula is C18H23N3O6. The zero-order valence-corrected chi connectivity index (χ0v) is 15.7. The van der Waals surface area contributed by atoms with Gasteiger partial charge in [-0.05, 0) is 18.2 Å². The highest BCUT2D eigenvalue weighted by atomic mass is 16.5. The fraction of sp³-hybridized carbons (Fsp3) is 0.389. The van der Waals surface area contributed by atoms with Gasteiger partial charge < -0.3 is 29.7 Å². The van der Waals surface area contributed by atoms with Crippen molar-refractivity contribution in [3.63, 3.8) is 0 Å². The van der Waals surface area contributed by atoms with Crippen molar-refractivity contribution >= 4 is 23.5 Å². The Morgan fingerprint density at radius 3 is 2.56 bits per heavy atom. The van der Waals surface area contributed by atoms with E-state index in [2.05, 4.69) is 5.32 Å². The molecule has 2 rings (SSSR count). The lowest BCUT2D eigenvalue weighted by atomic mass is 10.1. The summed E-state index contributed by atoms with van der Waals surface area (Å²) in [7, 11) is 5.92. The van der Waals surface area contributed by atoms with Gasteiger partial charge in [-0.2, -0.15) is 0 Å². The Morgan fingerprint density at radius 1 is 1.30 bits per heavy atom. The summed E-state index contributed by atoms with van der Waals surface area (Å²) in [6.45, 7) is -0.0942. The third kappa shape index (κ3) is 4.20. The first-order valence-corrected chi connectivity index (χ1v) is 8.22. The summed E-state index contributed by atoms with van der Waals surface area (Å²) < 4.78 is 9.97. The van der Waals surface area contributed by atoms with Crippen LogP contribution in [0, 0.1) is 0 Å². The fourth-order valence-electron chi connectivity index (χ4n) is 2.69. The van der Waals surface area contributed by atoms with E-state index in [0.717, 1.165) is 0 Å². The lowest BCUT2D eigenvalue weighted by molar-refractivity contribution is -0.136. The molecule has 1 aromatic carbocycles. The number of carbonyl (C=O) groups is 3. The lowest BCUT2D eigenvalue weighted by Gasteiger charge is -2.17. The Balaban J connectivity index is 2.40. The number of anilines is 1. The van der Waals surface area contributed by atoms with Crippen LogP contribution >= 0.6 is 0 Å². The van der Waals surface area contributed by atoms with Crippen LogP contribution in [-0.4, -0.2) is 80.7 Å². The molecule has 2 amide bonds. The number of methoxy groups -OCH3 is 2.